The number of amides is 1. The van der Waals surface area contributed by atoms with Crippen molar-refractivity contribution in [2.75, 3.05) is 6.54 Å². The molecule has 1 N–H and O–H groups in total. The number of hydrogen-bond acceptors (Lipinski definition) is 2. The lowest BCUT2D eigenvalue weighted by Crippen LogP contribution is -2.26. The quantitative estimate of drug-likeness (QED) is 0.941. The minimum Gasteiger partial charge on any atom is -0.355 e. The highest BCUT2D eigenvalue weighted by Crippen LogP contribution is 2.28. The van der Waals surface area contributed by atoms with Crippen LogP contribution in [0.2, 0.25) is 0 Å². The van der Waals surface area contributed by atoms with Crippen molar-refractivity contribution in [1.82, 2.24) is 14.7 Å². The molecule has 4 nitrogen and oxygen atoms in total. The first-order chi connectivity index (χ1) is 8.72. The summed E-state index contributed by atoms with van der Waals surface area (Å²) in [5, 5.41) is 2.95. The van der Waals surface area contributed by atoms with Gasteiger partial charge >= 0.3 is 0 Å². The Bertz CT molecular complexity index is 589. The Morgan fingerprint density at radius 2 is 2.28 bits per heavy atom. The predicted octanol–water partition coefficient (Wildman–Crippen LogP) is 2.17. The fraction of sp³-hybridized carbons (Fsp3) is 0.385. The maximum atomic E-state index is 11.5. The number of nitrogens with one attached hydrogen (secondary N) is 1. The highest BCUT2D eigenvalue weighted by molar-refractivity contribution is 9.10. The van der Waals surface area contributed by atoms with Crippen molar-refractivity contribution in [2.24, 2.45) is 5.92 Å². The molecule has 2 aromatic heterocycles. The first kappa shape index (κ1) is 11.7. The van der Waals surface area contributed by atoms with Gasteiger partial charge in [0.15, 0.2) is 0 Å². The van der Waals surface area contributed by atoms with Gasteiger partial charge in [-0.05, 0) is 40.9 Å². The maximum Gasteiger partial charge on any atom is 0.223 e. The van der Waals surface area contributed by atoms with Gasteiger partial charge in [-0.25, -0.2) is 4.98 Å². The third-order valence-corrected chi connectivity index (χ3v) is 3.56. The molecule has 0 aliphatic heterocycles. The van der Waals surface area contributed by atoms with E-state index in [4.69, 9.17) is 0 Å². The van der Waals surface area contributed by atoms with Gasteiger partial charge in [-0.15, -0.1) is 0 Å². The summed E-state index contributed by atoms with van der Waals surface area (Å²) in [6, 6.07) is 3.94. The third kappa shape index (κ3) is 2.56. The van der Waals surface area contributed by atoms with E-state index in [1.54, 1.807) is 0 Å². The highest BCUT2D eigenvalue weighted by Gasteiger charge is 2.28. The van der Waals surface area contributed by atoms with Gasteiger partial charge in [-0.1, -0.05) is 0 Å². The van der Waals surface area contributed by atoms with Crippen LogP contribution in [0.5, 0.6) is 0 Å². The van der Waals surface area contributed by atoms with Crippen LogP contribution in [0.1, 0.15) is 18.5 Å². The lowest BCUT2D eigenvalue weighted by molar-refractivity contribution is -0.122. The summed E-state index contributed by atoms with van der Waals surface area (Å²) in [6.07, 6.45) is 6.86. The molecule has 2 aromatic rings. The van der Waals surface area contributed by atoms with Crippen molar-refractivity contribution in [3.8, 4) is 0 Å². The standard InChI is InChI=1S/C13H14BrN3O/c14-10-3-4-12-16-11(8-17(12)7-10)5-6-15-13(18)9-1-2-9/h3-4,7-9H,1-2,5-6H2,(H,15,18). The number of carbonyl (C=O) groups excluding carboxylic acids is 1. The molecule has 2 heterocycles. The smallest absolute Gasteiger partial charge is 0.223 e. The number of carbonyl (C=O) groups is 1. The minimum absolute atomic E-state index is 0.196. The monoisotopic (exact) mass is 307 g/mol. The first-order valence-corrected chi connectivity index (χ1v) is 6.92. The fourth-order valence-electron chi connectivity index (χ4n) is 1.94. The number of fused-ring (bicyclic) bond motifs is 1. The zero-order valence-electron chi connectivity index (χ0n) is 9.90. The number of hydrogen-bond donors (Lipinski definition) is 1. The molecule has 3 rings (SSSR count). The zero-order chi connectivity index (χ0) is 12.5. The molecule has 18 heavy (non-hydrogen) atoms. The molecular weight excluding hydrogens is 294 g/mol. The summed E-state index contributed by atoms with van der Waals surface area (Å²) in [7, 11) is 0. The SMILES string of the molecule is O=C(NCCc1cn2cc(Br)ccc2n1)C1CC1. The van der Waals surface area contributed by atoms with Gasteiger partial charge in [0.05, 0.1) is 5.69 Å². The van der Waals surface area contributed by atoms with Crippen LogP contribution in [0.25, 0.3) is 5.65 Å². The summed E-state index contributed by atoms with van der Waals surface area (Å²) < 4.78 is 3.02. The predicted molar refractivity (Wildman–Crippen MR) is 72.3 cm³/mol. The molecule has 1 fully saturated rings. The molecule has 0 spiro atoms. The van der Waals surface area contributed by atoms with Gasteiger partial charge in [0, 0.05) is 35.7 Å². The molecule has 0 saturated heterocycles. The van der Waals surface area contributed by atoms with Crippen LogP contribution in [-0.2, 0) is 11.2 Å². The number of imidazole rings is 1. The normalized spacial score (nSPS) is 14.9. The number of pyridine rings is 1. The van der Waals surface area contributed by atoms with E-state index in [9.17, 15) is 4.79 Å². The topological polar surface area (TPSA) is 46.4 Å². The van der Waals surface area contributed by atoms with E-state index in [2.05, 4.69) is 26.2 Å². The van der Waals surface area contributed by atoms with E-state index in [0.29, 0.717) is 6.54 Å². The van der Waals surface area contributed by atoms with E-state index in [1.807, 2.05) is 28.9 Å². The van der Waals surface area contributed by atoms with Crippen molar-refractivity contribution in [3.63, 3.8) is 0 Å². The van der Waals surface area contributed by atoms with Gasteiger partial charge < -0.3 is 9.72 Å². The van der Waals surface area contributed by atoms with Crippen molar-refractivity contribution in [1.29, 1.82) is 0 Å². The molecule has 0 bridgehead atoms. The Morgan fingerprint density at radius 3 is 3.06 bits per heavy atom. The second-order valence-corrected chi connectivity index (χ2v) is 5.58. The van der Waals surface area contributed by atoms with E-state index in [0.717, 1.165) is 35.1 Å². The lowest BCUT2D eigenvalue weighted by Gasteiger charge is -2.01. The van der Waals surface area contributed by atoms with Crippen LogP contribution < -0.4 is 5.32 Å². The molecule has 1 saturated carbocycles. The maximum absolute atomic E-state index is 11.5. The second-order valence-electron chi connectivity index (χ2n) is 4.66. The Labute approximate surface area is 114 Å². The van der Waals surface area contributed by atoms with Gasteiger partial charge in [0.2, 0.25) is 5.91 Å². The van der Waals surface area contributed by atoms with Crippen molar-refractivity contribution < 1.29 is 4.79 Å². The van der Waals surface area contributed by atoms with Crippen LogP contribution in [0.15, 0.2) is 29.0 Å². The summed E-state index contributed by atoms with van der Waals surface area (Å²) in [4.78, 5) is 16.0. The summed E-state index contributed by atoms with van der Waals surface area (Å²) in [5.74, 6) is 0.475. The molecule has 0 atom stereocenters. The van der Waals surface area contributed by atoms with Gasteiger partial charge in [-0.3, -0.25) is 4.79 Å². The van der Waals surface area contributed by atoms with Crippen molar-refractivity contribution in [3.05, 3.63) is 34.7 Å². The Balaban J connectivity index is 1.61. The number of halogens is 1. The molecule has 0 unspecified atom stereocenters. The van der Waals surface area contributed by atoms with Crippen LogP contribution in [-0.4, -0.2) is 21.8 Å². The van der Waals surface area contributed by atoms with Gasteiger partial charge in [0.25, 0.3) is 0 Å². The zero-order valence-corrected chi connectivity index (χ0v) is 11.5. The van der Waals surface area contributed by atoms with Crippen LogP contribution >= 0.6 is 15.9 Å². The van der Waals surface area contributed by atoms with Crippen LogP contribution in [0.3, 0.4) is 0 Å². The average Bonchev–Trinajstić information content (AvgIpc) is 3.11. The Kier molecular flexibility index (Phi) is 3.07. The average molecular weight is 308 g/mol. The second kappa shape index (κ2) is 4.72. The van der Waals surface area contributed by atoms with E-state index >= 15 is 0 Å². The van der Waals surface area contributed by atoms with Crippen molar-refractivity contribution in [2.45, 2.75) is 19.3 Å². The largest absolute Gasteiger partial charge is 0.355 e. The summed E-state index contributed by atoms with van der Waals surface area (Å²) in [6.45, 7) is 0.667. The molecule has 1 aliphatic carbocycles. The highest BCUT2D eigenvalue weighted by atomic mass is 79.9. The van der Waals surface area contributed by atoms with Gasteiger partial charge in [-0.2, -0.15) is 0 Å². The molecule has 1 amide bonds. The molecule has 0 radical (unpaired) electrons. The van der Waals surface area contributed by atoms with E-state index in [-0.39, 0.29) is 11.8 Å². The fourth-order valence-corrected chi connectivity index (χ4v) is 2.29. The van der Waals surface area contributed by atoms with Gasteiger partial charge in [0.1, 0.15) is 5.65 Å². The lowest BCUT2D eigenvalue weighted by atomic mass is 10.3. The summed E-state index contributed by atoms with van der Waals surface area (Å²) in [5.41, 5.74) is 1.94. The van der Waals surface area contributed by atoms with E-state index < -0.39 is 0 Å². The third-order valence-electron chi connectivity index (χ3n) is 3.09. The first-order valence-electron chi connectivity index (χ1n) is 6.13. The molecule has 1 aliphatic rings. The Hall–Kier alpha value is -1.36. The summed E-state index contributed by atoms with van der Waals surface area (Å²) >= 11 is 3.43. The van der Waals surface area contributed by atoms with E-state index in [1.165, 1.54) is 0 Å². The van der Waals surface area contributed by atoms with Crippen LogP contribution in [0.4, 0.5) is 0 Å². The number of rotatable bonds is 4. The molecule has 0 aromatic carbocycles. The van der Waals surface area contributed by atoms with Crippen molar-refractivity contribution >= 4 is 27.5 Å². The number of nitrogens with zero attached hydrogens (tertiary/aromatic N) is 2. The molecule has 94 valence electrons. The molecular formula is C13H14BrN3O. The minimum atomic E-state index is 0.196. The van der Waals surface area contributed by atoms with Crippen LogP contribution in [0, 0.1) is 5.92 Å². The molecule has 5 heteroatoms. The Morgan fingerprint density at radius 1 is 1.44 bits per heavy atom. The number of aromatic nitrogens is 2.